The third-order valence-electron chi connectivity index (χ3n) is 5.10. The fourth-order valence-electron chi connectivity index (χ4n) is 3.40. The van der Waals surface area contributed by atoms with Gasteiger partial charge in [0.2, 0.25) is 15.9 Å². The zero-order chi connectivity index (χ0) is 22.9. The standard InChI is InChI=1S/C24H22N4O3S/c1-4-23(29)27-19-9-5-7-16(11-19)18-13-21-22(15-26-24(21)25-14-18)17-8-6-10-20(12-17)32(30,31)28(2)3/h4-15H,1H2,2-3H3,(H,25,26)(H,27,29). The minimum absolute atomic E-state index is 0.226. The van der Waals surface area contributed by atoms with Gasteiger partial charge in [-0.25, -0.2) is 17.7 Å². The number of carbonyl (C=O) groups excluding carboxylic acids is 1. The molecule has 0 unspecified atom stereocenters. The molecule has 0 saturated carbocycles. The van der Waals surface area contributed by atoms with Gasteiger partial charge in [0.1, 0.15) is 5.65 Å². The van der Waals surface area contributed by atoms with Gasteiger partial charge in [0.15, 0.2) is 0 Å². The van der Waals surface area contributed by atoms with Crippen LogP contribution in [0.25, 0.3) is 33.3 Å². The van der Waals surface area contributed by atoms with Crippen LogP contribution in [-0.2, 0) is 14.8 Å². The Bertz CT molecular complexity index is 1440. The number of rotatable bonds is 6. The molecule has 4 aromatic rings. The van der Waals surface area contributed by atoms with Crippen LogP contribution in [0.2, 0.25) is 0 Å². The molecule has 4 rings (SSSR count). The number of benzene rings is 2. The lowest BCUT2D eigenvalue weighted by Crippen LogP contribution is -2.22. The van der Waals surface area contributed by atoms with Crippen LogP contribution < -0.4 is 5.32 Å². The lowest BCUT2D eigenvalue weighted by atomic mass is 10.0. The Labute approximate surface area is 186 Å². The molecule has 2 heterocycles. The first-order valence-electron chi connectivity index (χ1n) is 9.83. The summed E-state index contributed by atoms with van der Waals surface area (Å²) < 4.78 is 26.3. The molecular weight excluding hydrogens is 424 g/mol. The zero-order valence-corrected chi connectivity index (χ0v) is 18.5. The second-order valence-corrected chi connectivity index (χ2v) is 9.56. The van der Waals surface area contributed by atoms with Gasteiger partial charge in [-0.2, -0.15) is 0 Å². The van der Waals surface area contributed by atoms with Crippen molar-refractivity contribution in [2.24, 2.45) is 0 Å². The highest BCUT2D eigenvalue weighted by atomic mass is 32.2. The minimum Gasteiger partial charge on any atom is -0.346 e. The molecule has 2 N–H and O–H groups in total. The summed E-state index contributed by atoms with van der Waals surface area (Å²) in [7, 11) is -0.527. The number of fused-ring (bicyclic) bond motifs is 1. The van der Waals surface area contributed by atoms with E-state index in [1.165, 1.54) is 24.5 Å². The summed E-state index contributed by atoms with van der Waals surface area (Å²) >= 11 is 0. The van der Waals surface area contributed by atoms with Gasteiger partial charge in [-0.15, -0.1) is 0 Å². The first-order valence-corrected chi connectivity index (χ1v) is 11.3. The molecule has 0 radical (unpaired) electrons. The maximum Gasteiger partial charge on any atom is 0.247 e. The second kappa shape index (κ2) is 8.41. The fourth-order valence-corrected chi connectivity index (χ4v) is 4.35. The molecule has 0 atom stereocenters. The van der Waals surface area contributed by atoms with Gasteiger partial charge in [0.05, 0.1) is 4.90 Å². The molecule has 32 heavy (non-hydrogen) atoms. The minimum atomic E-state index is -3.55. The monoisotopic (exact) mass is 446 g/mol. The molecule has 0 saturated heterocycles. The molecule has 8 heteroatoms. The van der Waals surface area contributed by atoms with Crippen molar-refractivity contribution in [1.29, 1.82) is 0 Å². The SMILES string of the molecule is C=CC(=O)Nc1cccc(-c2cnc3[nH]cc(-c4cccc(S(=O)(=O)N(C)C)c4)c3c2)c1. The summed E-state index contributed by atoms with van der Waals surface area (Å²) in [6.45, 7) is 3.47. The number of sulfonamides is 1. The molecule has 0 aliphatic carbocycles. The van der Waals surface area contributed by atoms with Gasteiger partial charge >= 0.3 is 0 Å². The topological polar surface area (TPSA) is 95.2 Å². The van der Waals surface area contributed by atoms with E-state index in [9.17, 15) is 13.2 Å². The van der Waals surface area contributed by atoms with Crippen LogP contribution in [0.3, 0.4) is 0 Å². The summed E-state index contributed by atoms with van der Waals surface area (Å²) in [6, 6.07) is 16.3. The van der Waals surface area contributed by atoms with Crippen LogP contribution in [0.15, 0.2) is 84.5 Å². The number of nitrogens with one attached hydrogen (secondary N) is 2. The van der Waals surface area contributed by atoms with Crippen molar-refractivity contribution >= 4 is 32.7 Å². The van der Waals surface area contributed by atoms with E-state index in [1.54, 1.807) is 30.5 Å². The highest BCUT2D eigenvalue weighted by Gasteiger charge is 2.18. The number of aromatic amines is 1. The van der Waals surface area contributed by atoms with E-state index in [-0.39, 0.29) is 10.8 Å². The van der Waals surface area contributed by atoms with E-state index in [4.69, 9.17) is 0 Å². The van der Waals surface area contributed by atoms with Gasteiger partial charge in [-0.1, -0.05) is 30.8 Å². The van der Waals surface area contributed by atoms with Crippen LogP contribution in [-0.4, -0.2) is 42.7 Å². The first-order chi connectivity index (χ1) is 15.3. The van der Waals surface area contributed by atoms with Gasteiger partial charge in [0.25, 0.3) is 0 Å². The van der Waals surface area contributed by atoms with Crippen molar-refractivity contribution in [1.82, 2.24) is 14.3 Å². The normalized spacial score (nSPS) is 11.6. The summed E-state index contributed by atoms with van der Waals surface area (Å²) in [4.78, 5) is 19.5. The predicted molar refractivity (Wildman–Crippen MR) is 127 cm³/mol. The number of anilines is 1. The molecule has 7 nitrogen and oxygen atoms in total. The lowest BCUT2D eigenvalue weighted by molar-refractivity contribution is -0.111. The highest BCUT2D eigenvalue weighted by Crippen LogP contribution is 2.32. The largest absolute Gasteiger partial charge is 0.346 e. The summed E-state index contributed by atoms with van der Waals surface area (Å²) in [5.41, 5.74) is 4.72. The van der Waals surface area contributed by atoms with Gasteiger partial charge < -0.3 is 10.3 Å². The zero-order valence-electron chi connectivity index (χ0n) is 17.7. The van der Waals surface area contributed by atoms with Crippen LogP contribution in [0.1, 0.15) is 0 Å². The van der Waals surface area contributed by atoms with E-state index in [0.717, 1.165) is 27.6 Å². The third kappa shape index (κ3) is 4.05. The maximum atomic E-state index is 12.6. The number of pyridine rings is 1. The average molecular weight is 447 g/mol. The Morgan fingerprint density at radius 2 is 1.81 bits per heavy atom. The van der Waals surface area contributed by atoms with Crippen molar-refractivity contribution in [2.45, 2.75) is 4.90 Å². The smallest absolute Gasteiger partial charge is 0.247 e. The van der Waals surface area contributed by atoms with Crippen molar-refractivity contribution < 1.29 is 13.2 Å². The van der Waals surface area contributed by atoms with Crippen molar-refractivity contribution in [3.05, 3.63) is 79.6 Å². The molecule has 0 aliphatic rings. The first kappa shape index (κ1) is 21.5. The quantitative estimate of drug-likeness (QED) is 0.433. The summed E-state index contributed by atoms with van der Waals surface area (Å²) in [5.74, 6) is -0.281. The third-order valence-corrected chi connectivity index (χ3v) is 6.91. The Kier molecular flexibility index (Phi) is 5.65. The molecule has 0 spiro atoms. The second-order valence-electron chi connectivity index (χ2n) is 7.41. The number of H-pyrrole nitrogens is 1. The number of hydrogen-bond donors (Lipinski definition) is 2. The molecular formula is C24H22N4O3S. The molecule has 0 bridgehead atoms. The molecule has 2 aromatic heterocycles. The number of amides is 1. The van der Waals surface area contributed by atoms with Crippen molar-refractivity contribution in [2.75, 3.05) is 19.4 Å². The van der Waals surface area contributed by atoms with Crippen LogP contribution in [0.5, 0.6) is 0 Å². The van der Waals surface area contributed by atoms with Gasteiger partial charge in [-0.05, 0) is 47.5 Å². The summed E-state index contributed by atoms with van der Waals surface area (Å²) in [6.07, 6.45) is 4.80. The van der Waals surface area contributed by atoms with Gasteiger partial charge in [-0.3, -0.25) is 4.79 Å². The van der Waals surface area contributed by atoms with E-state index < -0.39 is 10.0 Å². The Balaban J connectivity index is 1.78. The maximum absolute atomic E-state index is 12.6. The predicted octanol–water partition coefficient (Wildman–Crippen LogP) is 4.27. The fraction of sp³-hybridized carbons (Fsp3) is 0.0833. The molecule has 2 aromatic carbocycles. The summed E-state index contributed by atoms with van der Waals surface area (Å²) in [5, 5.41) is 3.62. The van der Waals surface area contributed by atoms with Crippen LogP contribution in [0, 0.1) is 0 Å². The van der Waals surface area contributed by atoms with Crippen LogP contribution in [0.4, 0.5) is 5.69 Å². The van der Waals surface area contributed by atoms with Gasteiger partial charge in [0, 0.05) is 48.7 Å². The van der Waals surface area contributed by atoms with E-state index in [0.29, 0.717) is 11.3 Å². The average Bonchev–Trinajstić information content (AvgIpc) is 3.22. The number of aromatic nitrogens is 2. The molecule has 162 valence electrons. The Hall–Kier alpha value is -3.75. The molecule has 0 fully saturated rings. The van der Waals surface area contributed by atoms with Crippen molar-refractivity contribution in [3.63, 3.8) is 0 Å². The van der Waals surface area contributed by atoms with Crippen molar-refractivity contribution in [3.8, 4) is 22.3 Å². The van der Waals surface area contributed by atoms with Crippen LogP contribution >= 0.6 is 0 Å². The highest BCUT2D eigenvalue weighted by molar-refractivity contribution is 7.89. The Morgan fingerprint density at radius 1 is 1.06 bits per heavy atom. The number of nitrogens with zero attached hydrogens (tertiary/aromatic N) is 2. The Morgan fingerprint density at radius 3 is 2.56 bits per heavy atom. The van der Waals surface area contributed by atoms with E-state index >= 15 is 0 Å². The van der Waals surface area contributed by atoms with E-state index in [2.05, 4.69) is 21.9 Å². The number of hydrogen-bond acceptors (Lipinski definition) is 4. The lowest BCUT2D eigenvalue weighted by Gasteiger charge is -2.12. The van der Waals surface area contributed by atoms with E-state index in [1.807, 2.05) is 36.5 Å². The number of carbonyl (C=O) groups is 1. The molecule has 0 aliphatic heterocycles. The molecule has 1 amide bonds.